The van der Waals surface area contributed by atoms with Crippen molar-refractivity contribution in [3.8, 4) is 11.5 Å². The molecule has 1 fully saturated rings. The Labute approximate surface area is 227 Å². The average molecular weight is 584 g/mol. The van der Waals surface area contributed by atoms with Gasteiger partial charge in [0.05, 0.1) is 11.5 Å². The molecule has 1 heterocycles. The Balaban J connectivity index is 1.48. The highest BCUT2D eigenvalue weighted by Gasteiger charge is 2.33. The maximum Gasteiger partial charge on any atom is 0.285 e. The van der Waals surface area contributed by atoms with Gasteiger partial charge in [0.1, 0.15) is 6.61 Å². The number of rotatable bonds is 8. The van der Waals surface area contributed by atoms with E-state index in [1.807, 2.05) is 68.4 Å². The maximum atomic E-state index is 13.0. The van der Waals surface area contributed by atoms with Crippen LogP contribution in [0.1, 0.15) is 34.0 Å². The summed E-state index contributed by atoms with van der Waals surface area (Å²) in [6, 6.07) is 20.4. The van der Waals surface area contributed by atoms with Gasteiger partial charge in [0.25, 0.3) is 11.8 Å². The number of carbonyl (C=O) groups excluding carboxylic acids is 2. The fraction of sp³-hybridized carbons (Fsp3) is 0.148. The van der Waals surface area contributed by atoms with Gasteiger partial charge in [0, 0.05) is 10.0 Å². The molecule has 0 saturated carbocycles. The van der Waals surface area contributed by atoms with Crippen molar-refractivity contribution in [1.82, 2.24) is 10.4 Å². The lowest BCUT2D eigenvalue weighted by Crippen LogP contribution is -2.44. The Hall–Kier alpha value is -3.14. The second-order valence-corrected chi connectivity index (χ2v) is 10.5. The van der Waals surface area contributed by atoms with Crippen molar-refractivity contribution in [2.45, 2.75) is 20.5 Å². The van der Waals surface area contributed by atoms with Crippen LogP contribution >= 0.6 is 39.9 Å². The third-order valence-corrected chi connectivity index (χ3v) is 7.02. The molecule has 36 heavy (non-hydrogen) atoms. The quantitative estimate of drug-likeness (QED) is 0.249. The minimum atomic E-state index is -0.404. The molecule has 1 N–H and O–H groups in total. The lowest BCUT2D eigenvalue weighted by Gasteiger charge is -2.15. The van der Waals surface area contributed by atoms with Gasteiger partial charge in [0.2, 0.25) is 0 Å². The molecule has 1 saturated heterocycles. The molecule has 1 aliphatic heterocycles. The number of thioether (sulfide) groups is 1. The van der Waals surface area contributed by atoms with Crippen LogP contribution in [0.15, 0.2) is 76.1 Å². The van der Waals surface area contributed by atoms with Gasteiger partial charge in [-0.2, -0.15) is 5.01 Å². The highest BCUT2D eigenvalue weighted by molar-refractivity contribution is 9.10. The van der Waals surface area contributed by atoms with E-state index in [1.54, 1.807) is 18.2 Å². The van der Waals surface area contributed by atoms with E-state index in [0.717, 1.165) is 37.9 Å². The van der Waals surface area contributed by atoms with Crippen LogP contribution in [0, 0.1) is 6.92 Å². The van der Waals surface area contributed by atoms with E-state index < -0.39 is 5.91 Å². The number of carbonyl (C=O) groups is 2. The fourth-order valence-corrected chi connectivity index (χ4v) is 4.77. The van der Waals surface area contributed by atoms with Gasteiger partial charge in [-0.15, -0.1) is 0 Å². The number of hydrazine groups is 1. The zero-order chi connectivity index (χ0) is 25.7. The molecule has 2 amide bonds. The van der Waals surface area contributed by atoms with Crippen LogP contribution in [0.3, 0.4) is 0 Å². The smallest absolute Gasteiger partial charge is 0.285 e. The monoisotopic (exact) mass is 582 g/mol. The minimum absolute atomic E-state index is 0.256. The topological polar surface area (TPSA) is 67.9 Å². The van der Waals surface area contributed by atoms with Crippen LogP contribution < -0.4 is 14.9 Å². The molecule has 1 aliphatic rings. The summed E-state index contributed by atoms with van der Waals surface area (Å²) in [4.78, 5) is 26.0. The van der Waals surface area contributed by atoms with Gasteiger partial charge in [-0.25, -0.2) is 0 Å². The highest BCUT2D eigenvalue weighted by Crippen LogP contribution is 2.34. The molecule has 0 radical (unpaired) electrons. The molecule has 6 nitrogen and oxygen atoms in total. The summed E-state index contributed by atoms with van der Waals surface area (Å²) >= 11 is 9.90. The molecule has 3 aromatic rings. The van der Waals surface area contributed by atoms with Gasteiger partial charge in [-0.3, -0.25) is 15.0 Å². The lowest BCUT2D eigenvalue weighted by molar-refractivity contribution is -0.123. The molecule has 9 heteroatoms. The van der Waals surface area contributed by atoms with Gasteiger partial charge >= 0.3 is 0 Å². The number of amides is 2. The van der Waals surface area contributed by atoms with Crippen molar-refractivity contribution in [2.24, 2.45) is 0 Å². The van der Waals surface area contributed by atoms with Crippen molar-refractivity contribution < 1.29 is 19.1 Å². The summed E-state index contributed by atoms with van der Waals surface area (Å²) < 4.78 is 13.0. The zero-order valence-electron chi connectivity index (χ0n) is 19.6. The predicted molar refractivity (Wildman–Crippen MR) is 150 cm³/mol. The van der Waals surface area contributed by atoms with Crippen LogP contribution in [-0.4, -0.2) is 27.8 Å². The van der Waals surface area contributed by atoms with E-state index in [-0.39, 0.29) is 10.2 Å². The standard InChI is InChI=1S/C27H23BrN2O4S2/c1-3-33-23-14-19(8-13-22(23)34-16-18-6-11-21(28)12-7-18)15-24-26(32)30(27(35)36-24)29-25(31)20-9-4-17(2)5-10-20/h4-15H,3,16H2,1-2H3,(H,29,31)/b24-15+. The third kappa shape index (κ3) is 6.34. The van der Waals surface area contributed by atoms with E-state index in [1.165, 1.54) is 0 Å². The summed E-state index contributed by atoms with van der Waals surface area (Å²) in [5.41, 5.74) is 5.86. The van der Waals surface area contributed by atoms with Crippen molar-refractivity contribution in [2.75, 3.05) is 6.61 Å². The number of hydrogen-bond acceptors (Lipinski definition) is 6. The Bertz CT molecular complexity index is 1320. The van der Waals surface area contributed by atoms with Crippen LogP contribution in [0.5, 0.6) is 11.5 Å². The van der Waals surface area contributed by atoms with Crippen molar-refractivity contribution >= 4 is 62.1 Å². The number of ether oxygens (including phenoxy) is 2. The molecule has 0 aromatic heterocycles. The number of benzene rings is 3. The van der Waals surface area contributed by atoms with E-state index in [9.17, 15) is 9.59 Å². The predicted octanol–water partition coefficient (Wildman–Crippen LogP) is 6.28. The molecule has 0 unspecified atom stereocenters. The van der Waals surface area contributed by atoms with Crippen LogP contribution in [0.4, 0.5) is 0 Å². The summed E-state index contributed by atoms with van der Waals surface area (Å²) in [6.45, 7) is 4.69. The van der Waals surface area contributed by atoms with Crippen LogP contribution in [0.2, 0.25) is 0 Å². The Kier molecular flexibility index (Phi) is 8.45. The highest BCUT2D eigenvalue weighted by atomic mass is 79.9. The fourth-order valence-electron chi connectivity index (χ4n) is 3.33. The maximum absolute atomic E-state index is 13.0. The van der Waals surface area contributed by atoms with Crippen molar-refractivity contribution in [1.29, 1.82) is 0 Å². The van der Waals surface area contributed by atoms with Gasteiger partial charge < -0.3 is 9.47 Å². The summed E-state index contributed by atoms with van der Waals surface area (Å²) in [7, 11) is 0. The van der Waals surface area contributed by atoms with Gasteiger partial charge in [-0.05, 0) is 79.7 Å². The molecule has 3 aromatic carbocycles. The number of halogens is 1. The van der Waals surface area contributed by atoms with E-state index in [0.29, 0.717) is 35.2 Å². The zero-order valence-corrected chi connectivity index (χ0v) is 22.8. The number of aryl methyl sites for hydroxylation is 1. The first-order valence-corrected chi connectivity index (χ1v) is 13.2. The molecule has 0 bridgehead atoms. The molecular formula is C27H23BrN2O4S2. The van der Waals surface area contributed by atoms with E-state index in [2.05, 4.69) is 21.4 Å². The van der Waals surface area contributed by atoms with Crippen LogP contribution in [-0.2, 0) is 11.4 Å². The summed E-state index contributed by atoms with van der Waals surface area (Å²) in [5, 5.41) is 1.10. The number of nitrogens with zero attached hydrogens (tertiary/aromatic N) is 1. The SMILES string of the molecule is CCOc1cc(/C=C2/SC(=S)N(NC(=O)c3ccc(C)cc3)C2=O)ccc1OCc1ccc(Br)cc1. The largest absolute Gasteiger partial charge is 0.490 e. The minimum Gasteiger partial charge on any atom is -0.490 e. The Morgan fingerprint density at radius 3 is 2.47 bits per heavy atom. The molecule has 0 spiro atoms. The van der Waals surface area contributed by atoms with Crippen molar-refractivity contribution in [3.05, 3.63) is 98.4 Å². The first-order valence-electron chi connectivity index (χ1n) is 11.1. The summed E-state index contributed by atoms with van der Waals surface area (Å²) in [6.07, 6.45) is 1.72. The molecule has 0 atom stereocenters. The molecule has 4 rings (SSSR count). The Morgan fingerprint density at radius 2 is 1.78 bits per heavy atom. The first-order chi connectivity index (χ1) is 17.3. The van der Waals surface area contributed by atoms with Crippen molar-refractivity contribution in [3.63, 3.8) is 0 Å². The van der Waals surface area contributed by atoms with E-state index >= 15 is 0 Å². The van der Waals surface area contributed by atoms with E-state index in [4.69, 9.17) is 21.7 Å². The van der Waals surface area contributed by atoms with Crippen LogP contribution in [0.25, 0.3) is 6.08 Å². The second-order valence-electron chi connectivity index (χ2n) is 7.88. The second kappa shape index (κ2) is 11.7. The van der Waals surface area contributed by atoms with Gasteiger partial charge in [-0.1, -0.05) is 63.6 Å². The molecule has 184 valence electrons. The molecular weight excluding hydrogens is 560 g/mol. The number of thiocarbonyl (C=S) groups is 1. The Morgan fingerprint density at radius 1 is 1.06 bits per heavy atom. The normalized spacial score (nSPS) is 14.3. The van der Waals surface area contributed by atoms with Gasteiger partial charge in [0.15, 0.2) is 15.8 Å². The number of nitrogens with one attached hydrogen (secondary N) is 1. The lowest BCUT2D eigenvalue weighted by atomic mass is 10.1. The first kappa shape index (κ1) is 25.9. The third-order valence-electron chi connectivity index (χ3n) is 5.19. The summed E-state index contributed by atoms with van der Waals surface area (Å²) in [5.74, 6) is 0.388. The molecule has 0 aliphatic carbocycles. The number of hydrogen-bond donors (Lipinski definition) is 1. The average Bonchev–Trinajstić information content (AvgIpc) is 3.12.